The molecule has 5 nitrogen and oxygen atoms in total. The van der Waals surface area contributed by atoms with E-state index in [1.807, 2.05) is 13.8 Å². The molecule has 0 fully saturated rings. The molecule has 122 valence electrons. The Morgan fingerprint density at radius 3 is 2.57 bits per heavy atom. The van der Waals surface area contributed by atoms with Crippen LogP contribution in [0.1, 0.15) is 31.1 Å². The molecule has 6 heteroatoms. The fraction of sp³-hybridized carbons (Fsp3) is 0.600. The molecule has 3 N–H and O–H groups in total. The quantitative estimate of drug-likeness (QED) is 0.607. The summed E-state index contributed by atoms with van der Waals surface area (Å²) in [6.45, 7) is 5.82. The monoisotopic (exact) mass is 319 g/mol. The molecule has 0 heterocycles. The first-order chi connectivity index (χ1) is 9.54. The smallest absolute Gasteiger partial charge is 0.121 e. The lowest BCUT2D eigenvalue weighted by Gasteiger charge is -2.16. The SMILES string of the molecule is COCCOCc1cc(C(O)CNC(C)C)ccc1O.Cl. The summed E-state index contributed by atoms with van der Waals surface area (Å²) in [4.78, 5) is 0. The number of phenols is 1. The molecule has 0 bridgehead atoms. The Morgan fingerprint density at radius 2 is 1.95 bits per heavy atom. The van der Waals surface area contributed by atoms with Gasteiger partial charge in [-0.15, -0.1) is 12.4 Å². The molecule has 1 unspecified atom stereocenters. The second-order valence-electron chi connectivity index (χ2n) is 5.01. The number of hydrogen-bond acceptors (Lipinski definition) is 5. The predicted octanol–water partition coefficient (Wildman–Crippen LogP) is 2.01. The molecule has 0 aliphatic rings. The van der Waals surface area contributed by atoms with Crippen molar-refractivity contribution in [2.45, 2.75) is 32.6 Å². The number of aliphatic hydroxyl groups is 1. The van der Waals surface area contributed by atoms with E-state index in [0.29, 0.717) is 38.0 Å². The Morgan fingerprint density at radius 1 is 1.24 bits per heavy atom. The van der Waals surface area contributed by atoms with Gasteiger partial charge in [0, 0.05) is 25.3 Å². The summed E-state index contributed by atoms with van der Waals surface area (Å²) in [6, 6.07) is 5.40. The van der Waals surface area contributed by atoms with Crippen LogP contribution in [-0.2, 0) is 16.1 Å². The van der Waals surface area contributed by atoms with Gasteiger partial charge >= 0.3 is 0 Å². The van der Waals surface area contributed by atoms with Crippen molar-refractivity contribution in [3.05, 3.63) is 29.3 Å². The van der Waals surface area contributed by atoms with E-state index in [1.165, 1.54) is 0 Å². The normalized spacial score (nSPS) is 12.2. The number of rotatable bonds is 9. The Kier molecular flexibility index (Phi) is 10.4. The minimum absolute atomic E-state index is 0. The third kappa shape index (κ3) is 7.64. The van der Waals surface area contributed by atoms with Gasteiger partial charge in [-0.05, 0) is 17.7 Å². The number of methoxy groups -OCH3 is 1. The first-order valence-electron chi connectivity index (χ1n) is 6.84. The Labute approximate surface area is 132 Å². The first kappa shape index (κ1) is 20.1. The number of hydrogen-bond donors (Lipinski definition) is 3. The van der Waals surface area contributed by atoms with E-state index in [-0.39, 0.29) is 18.2 Å². The lowest BCUT2D eigenvalue weighted by Crippen LogP contribution is -2.27. The largest absolute Gasteiger partial charge is 0.508 e. The van der Waals surface area contributed by atoms with Crippen LogP contribution in [0.25, 0.3) is 0 Å². The van der Waals surface area contributed by atoms with E-state index in [0.717, 1.165) is 5.56 Å². The highest BCUT2D eigenvalue weighted by molar-refractivity contribution is 5.85. The highest BCUT2D eigenvalue weighted by Gasteiger charge is 2.11. The molecule has 0 spiro atoms. The van der Waals surface area contributed by atoms with E-state index in [1.54, 1.807) is 25.3 Å². The van der Waals surface area contributed by atoms with Crippen LogP contribution in [0, 0.1) is 0 Å². The summed E-state index contributed by atoms with van der Waals surface area (Å²) in [6.07, 6.45) is -0.601. The first-order valence-corrected chi connectivity index (χ1v) is 6.84. The van der Waals surface area contributed by atoms with Gasteiger partial charge in [0.2, 0.25) is 0 Å². The van der Waals surface area contributed by atoms with Gasteiger partial charge < -0.3 is 25.0 Å². The van der Waals surface area contributed by atoms with Crippen molar-refractivity contribution in [2.24, 2.45) is 0 Å². The summed E-state index contributed by atoms with van der Waals surface area (Å²) in [5.41, 5.74) is 1.43. The standard InChI is InChI=1S/C15H25NO4.ClH/c1-11(2)16-9-15(18)12-4-5-14(17)13(8-12)10-20-7-6-19-3;/h4-5,8,11,15-18H,6-7,9-10H2,1-3H3;1H. The number of ether oxygens (including phenoxy) is 2. The molecule has 0 aliphatic carbocycles. The molecule has 0 aliphatic heterocycles. The summed E-state index contributed by atoms with van der Waals surface area (Å²) in [5.74, 6) is 0.176. The molecule has 21 heavy (non-hydrogen) atoms. The van der Waals surface area contributed by atoms with Gasteiger partial charge in [-0.3, -0.25) is 0 Å². The Hall–Kier alpha value is -0.850. The van der Waals surface area contributed by atoms with Gasteiger partial charge in [0.05, 0.1) is 25.9 Å². The number of halogens is 1. The van der Waals surface area contributed by atoms with Crippen LogP contribution >= 0.6 is 12.4 Å². The number of nitrogens with one attached hydrogen (secondary N) is 1. The molecule has 0 aromatic heterocycles. The van der Waals surface area contributed by atoms with E-state index < -0.39 is 6.10 Å². The number of phenolic OH excluding ortho intramolecular Hbond substituents is 1. The zero-order chi connectivity index (χ0) is 15.0. The maximum Gasteiger partial charge on any atom is 0.121 e. The van der Waals surface area contributed by atoms with Crippen LogP contribution in [0.2, 0.25) is 0 Å². The van der Waals surface area contributed by atoms with E-state index in [4.69, 9.17) is 9.47 Å². The zero-order valence-corrected chi connectivity index (χ0v) is 13.7. The Balaban J connectivity index is 0.00000400. The lowest BCUT2D eigenvalue weighted by molar-refractivity contribution is 0.0607. The molecule has 0 radical (unpaired) electrons. The van der Waals surface area contributed by atoms with Crippen LogP contribution in [0.5, 0.6) is 5.75 Å². The van der Waals surface area contributed by atoms with Gasteiger partial charge in [0.1, 0.15) is 5.75 Å². The fourth-order valence-electron chi connectivity index (χ4n) is 1.72. The molecule has 1 aromatic carbocycles. The maximum atomic E-state index is 10.1. The fourth-order valence-corrected chi connectivity index (χ4v) is 1.72. The van der Waals surface area contributed by atoms with E-state index in [2.05, 4.69) is 5.32 Å². The highest BCUT2D eigenvalue weighted by atomic mass is 35.5. The third-order valence-electron chi connectivity index (χ3n) is 2.90. The third-order valence-corrected chi connectivity index (χ3v) is 2.90. The number of aliphatic hydroxyl groups excluding tert-OH is 1. The highest BCUT2D eigenvalue weighted by Crippen LogP contribution is 2.23. The van der Waals surface area contributed by atoms with Crippen molar-refractivity contribution in [1.29, 1.82) is 0 Å². The molecule has 0 amide bonds. The van der Waals surface area contributed by atoms with Gasteiger partial charge in [-0.2, -0.15) is 0 Å². The van der Waals surface area contributed by atoms with Crippen molar-refractivity contribution in [1.82, 2.24) is 5.32 Å². The molecule has 1 aromatic rings. The molecular weight excluding hydrogens is 294 g/mol. The van der Waals surface area contributed by atoms with Crippen LogP contribution in [-0.4, -0.2) is 43.1 Å². The van der Waals surface area contributed by atoms with Crippen LogP contribution in [0.4, 0.5) is 0 Å². The number of benzene rings is 1. The van der Waals surface area contributed by atoms with Crippen molar-refractivity contribution in [3.63, 3.8) is 0 Å². The van der Waals surface area contributed by atoms with Crippen molar-refractivity contribution in [3.8, 4) is 5.75 Å². The van der Waals surface area contributed by atoms with Gasteiger partial charge in [0.25, 0.3) is 0 Å². The average molecular weight is 320 g/mol. The van der Waals surface area contributed by atoms with Crippen molar-refractivity contribution < 1.29 is 19.7 Å². The Bertz CT molecular complexity index is 401. The van der Waals surface area contributed by atoms with Crippen LogP contribution < -0.4 is 5.32 Å². The summed E-state index contributed by atoms with van der Waals surface area (Å²) in [7, 11) is 1.61. The van der Waals surface area contributed by atoms with Gasteiger partial charge in [-0.1, -0.05) is 19.9 Å². The van der Waals surface area contributed by atoms with Crippen molar-refractivity contribution >= 4 is 12.4 Å². The summed E-state index contributed by atoms with van der Waals surface area (Å²) in [5, 5.41) is 23.0. The maximum absolute atomic E-state index is 10.1. The summed E-state index contributed by atoms with van der Waals surface area (Å²) >= 11 is 0. The molecule has 1 rings (SSSR count). The molecule has 0 saturated carbocycles. The zero-order valence-electron chi connectivity index (χ0n) is 12.8. The van der Waals surface area contributed by atoms with Gasteiger partial charge in [-0.25, -0.2) is 0 Å². The minimum atomic E-state index is -0.601. The van der Waals surface area contributed by atoms with E-state index >= 15 is 0 Å². The van der Waals surface area contributed by atoms with Crippen molar-refractivity contribution in [2.75, 3.05) is 26.9 Å². The van der Waals surface area contributed by atoms with Crippen LogP contribution in [0.15, 0.2) is 18.2 Å². The average Bonchev–Trinajstić information content (AvgIpc) is 2.42. The minimum Gasteiger partial charge on any atom is -0.508 e. The molecule has 0 saturated heterocycles. The van der Waals surface area contributed by atoms with E-state index in [9.17, 15) is 10.2 Å². The van der Waals surface area contributed by atoms with Crippen LogP contribution in [0.3, 0.4) is 0 Å². The second kappa shape index (κ2) is 10.8. The topological polar surface area (TPSA) is 71.0 Å². The predicted molar refractivity (Wildman–Crippen MR) is 85.0 cm³/mol. The van der Waals surface area contributed by atoms with Gasteiger partial charge in [0.15, 0.2) is 0 Å². The second-order valence-corrected chi connectivity index (χ2v) is 5.01. The summed E-state index contributed by atoms with van der Waals surface area (Å²) < 4.78 is 10.3. The molecule has 1 atom stereocenters. The molecular formula is C15H26ClNO4. The number of aromatic hydroxyl groups is 1. The lowest BCUT2D eigenvalue weighted by atomic mass is 10.1.